The predicted molar refractivity (Wildman–Crippen MR) is 128 cm³/mol. The Morgan fingerprint density at radius 3 is 2.65 bits per heavy atom. The minimum atomic E-state index is -4.28. The van der Waals surface area contributed by atoms with Crippen molar-refractivity contribution in [3.05, 3.63) is 64.1 Å². The van der Waals surface area contributed by atoms with Crippen LogP contribution in [-0.4, -0.2) is 45.2 Å². The molecule has 0 unspecified atom stereocenters. The number of pyridine rings is 1. The molecule has 1 aromatic carbocycles. The van der Waals surface area contributed by atoms with Gasteiger partial charge in [-0.15, -0.1) is 0 Å². The van der Waals surface area contributed by atoms with E-state index in [1.54, 1.807) is 0 Å². The Bertz CT molecular complexity index is 1240. The van der Waals surface area contributed by atoms with Gasteiger partial charge in [0.25, 0.3) is 0 Å². The van der Waals surface area contributed by atoms with Gasteiger partial charge in [-0.05, 0) is 67.0 Å². The van der Waals surface area contributed by atoms with Gasteiger partial charge in [0.05, 0.1) is 11.8 Å². The second-order valence-corrected chi connectivity index (χ2v) is 9.51. The van der Waals surface area contributed by atoms with Crippen molar-refractivity contribution in [3.8, 4) is 0 Å². The number of hydrogen-bond donors (Lipinski definition) is 1. The first kappa shape index (κ1) is 22.8. The van der Waals surface area contributed by atoms with Crippen LogP contribution in [0.4, 0.5) is 19.0 Å². The fourth-order valence-electron chi connectivity index (χ4n) is 5.06. The summed E-state index contributed by atoms with van der Waals surface area (Å²) in [5, 5.41) is 3.97. The minimum absolute atomic E-state index is 0.113. The van der Waals surface area contributed by atoms with Crippen molar-refractivity contribution in [1.82, 2.24) is 19.9 Å². The largest absolute Gasteiger partial charge is 0.393 e. The van der Waals surface area contributed by atoms with Crippen LogP contribution in [0.15, 0.2) is 36.3 Å². The molecule has 1 fully saturated rings. The molecule has 1 N–H and O–H groups in total. The molecule has 178 valence electrons. The molecule has 8 heteroatoms. The average molecular weight is 468 g/mol. The summed E-state index contributed by atoms with van der Waals surface area (Å²) in [6.07, 6.45) is 2.59. The monoisotopic (exact) mass is 467 g/mol. The van der Waals surface area contributed by atoms with Gasteiger partial charge < -0.3 is 5.32 Å². The van der Waals surface area contributed by atoms with Crippen LogP contribution in [0.3, 0.4) is 0 Å². The minimum Gasteiger partial charge on any atom is -0.367 e. The zero-order valence-corrected chi connectivity index (χ0v) is 19.4. The van der Waals surface area contributed by atoms with Crippen molar-refractivity contribution in [2.75, 3.05) is 18.4 Å². The highest BCUT2D eigenvalue weighted by Crippen LogP contribution is 2.31. The fraction of sp³-hybridized carbons (Fsp3) is 0.423. The Morgan fingerprint density at radius 1 is 1.09 bits per heavy atom. The Morgan fingerprint density at radius 2 is 1.88 bits per heavy atom. The van der Waals surface area contributed by atoms with Crippen molar-refractivity contribution in [3.63, 3.8) is 0 Å². The first-order valence-corrected chi connectivity index (χ1v) is 11.7. The first-order chi connectivity index (χ1) is 16.2. The molecule has 0 atom stereocenters. The lowest BCUT2D eigenvalue weighted by atomic mass is 9.97. The number of nitrogens with one attached hydrogen (secondary N) is 1. The molecule has 0 bridgehead atoms. The van der Waals surface area contributed by atoms with Gasteiger partial charge in [-0.25, -0.2) is 15.0 Å². The number of aromatic nitrogens is 3. The van der Waals surface area contributed by atoms with Crippen LogP contribution in [0.25, 0.3) is 17.1 Å². The van der Waals surface area contributed by atoms with Crippen molar-refractivity contribution in [1.29, 1.82) is 0 Å². The molecule has 5 nitrogen and oxygen atoms in total. The SMILES string of the molecule is CC1=Cc2c(ccc(CN3CCC(Nc4ncnc5ncc(CC(F)(F)F)cc45)CC3)c2C)C1. The quantitative estimate of drug-likeness (QED) is 0.539. The number of halogens is 3. The highest BCUT2D eigenvalue weighted by atomic mass is 19.4. The molecule has 3 aromatic rings. The molecule has 1 aliphatic carbocycles. The van der Waals surface area contributed by atoms with Gasteiger partial charge in [0.15, 0.2) is 5.65 Å². The maximum absolute atomic E-state index is 12.8. The van der Waals surface area contributed by atoms with Crippen molar-refractivity contribution in [2.24, 2.45) is 0 Å². The van der Waals surface area contributed by atoms with Gasteiger partial charge in [-0.1, -0.05) is 23.8 Å². The molecule has 0 amide bonds. The topological polar surface area (TPSA) is 53.9 Å². The van der Waals surface area contributed by atoms with Gasteiger partial charge in [-0.3, -0.25) is 4.90 Å². The molecule has 3 heterocycles. The zero-order chi connectivity index (χ0) is 23.9. The molecule has 0 saturated carbocycles. The number of likely N-dealkylation sites (tertiary alicyclic amines) is 1. The summed E-state index contributed by atoms with van der Waals surface area (Å²) in [5.74, 6) is 0.552. The lowest BCUT2D eigenvalue weighted by molar-refractivity contribution is -0.127. The van der Waals surface area contributed by atoms with Crippen LogP contribution >= 0.6 is 0 Å². The molecule has 1 aliphatic heterocycles. The van der Waals surface area contributed by atoms with Crippen LogP contribution in [0.2, 0.25) is 0 Å². The summed E-state index contributed by atoms with van der Waals surface area (Å²) in [5.41, 5.74) is 7.50. The van der Waals surface area contributed by atoms with Crippen molar-refractivity contribution >= 4 is 22.9 Å². The van der Waals surface area contributed by atoms with Crippen LogP contribution in [0.1, 0.15) is 47.6 Å². The predicted octanol–water partition coefficient (Wildman–Crippen LogP) is 5.47. The van der Waals surface area contributed by atoms with E-state index in [-0.39, 0.29) is 11.6 Å². The number of piperidine rings is 1. The molecule has 1 saturated heterocycles. The normalized spacial score (nSPS) is 17.1. The third kappa shape index (κ3) is 4.92. The molecule has 5 rings (SSSR count). The van der Waals surface area contributed by atoms with E-state index in [2.05, 4.69) is 57.2 Å². The number of rotatable bonds is 5. The number of nitrogens with zero attached hydrogens (tertiary/aromatic N) is 4. The van der Waals surface area contributed by atoms with Crippen LogP contribution < -0.4 is 5.32 Å². The van der Waals surface area contributed by atoms with E-state index in [0.717, 1.165) is 38.9 Å². The van der Waals surface area contributed by atoms with Crippen molar-refractivity contribution in [2.45, 2.75) is 58.3 Å². The van der Waals surface area contributed by atoms with E-state index in [0.29, 0.717) is 16.9 Å². The molecular formula is C26H28F3N5. The highest BCUT2D eigenvalue weighted by molar-refractivity contribution is 5.86. The summed E-state index contributed by atoms with van der Waals surface area (Å²) in [4.78, 5) is 15.0. The summed E-state index contributed by atoms with van der Waals surface area (Å²) in [7, 11) is 0. The van der Waals surface area contributed by atoms with E-state index < -0.39 is 12.6 Å². The average Bonchev–Trinajstić information content (AvgIpc) is 3.17. The Hall–Kier alpha value is -3.00. The number of hydrogen-bond acceptors (Lipinski definition) is 5. The Kier molecular flexibility index (Phi) is 6.02. The number of alkyl halides is 3. The van der Waals surface area contributed by atoms with E-state index in [4.69, 9.17) is 0 Å². The van der Waals surface area contributed by atoms with E-state index in [1.165, 1.54) is 46.4 Å². The third-order valence-corrected chi connectivity index (χ3v) is 6.85. The number of benzene rings is 1. The van der Waals surface area contributed by atoms with E-state index >= 15 is 0 Å². The van der Waals surface area contributed by atoms with E-state index in [9.17, 15) is 13.2 Å². The van der Waals surface area contributed by atoms with Gasteiger partial charge in [-0.2, -0.15) is 13.2 Å². The molecule has 2 aromatic heterocycles. The van der Waals surface area contributed by atoms with Crippen LogP contribution in [-0.2, 0) is 19.4 Å². The zero-order valence-electron chi connectivity index (χ0n) is 19.4. The highest BCUT2D eigenvalue weighted by Gasteiger charge is 2.28. The van der Waals surface area contributed by atoms with Gasteiger partial charge in [0.2, 0.25) is 0 Å². The summed E-state index contributed by atoms with van der Waals surface area (Å²) in [6.45, 7) is 7.23. The first-order valence-electron chi connectivity index (χ1n) is 11.7. The van der Waals surface area contributed by atoms with Gasteiger partial charge >= 0.3 is 6.18 Å². The molecule has 34 heavy (non-hydrogen) atoms. The van der Waals surface area contributed by atoms with Crippen LogP contribution in [0, 0.1) is 6.92 Å². The van der Waals surface area contributed by atoms with Crippen molar-refractivity contribution < 1.29 is 13.2 Å². The third-order valence-electron chi connectivity index (χ3n) is 6.85. The number of allylic oxidation sites excluding steroid dienone is 1. The second kappa shape index (κ2) is 8.98. The summed E-state index contributed by atoms with van der Waals surface area (Å²) in [6, 6.07) is 6.23. The maximum Gasteiger partial charge on any atom is 0.393 e. The number of fused-ring (bicyclic) bond motifs is 2. The Balaban J connectivity index is 1.24. The van der Waals surface area contributed by atoms with Crippen LogP contribution in [0.5, 0.6) is 0 Å². The van der Waals surface area contributed by atoms with E-state index in [1.807, 2.05) is 0 Å². The Labute approximate surface area is 197 Å². The number of anilines is 1. The molecule has 2 aliphatic rings. The summed E-state index contributed by atoms with van der Waals surface area (Å²) >= 11 is 0. The smallest absolute Gasteiger partial charge is 0.367 e. The van der Waals surface area contributed by atoms with Gasteiger partial charge in [0.1, 0.15) is 12.1 Å². The second-order valence-electron chi connectivity index (χ2n) is 9.51. The lowest BCUT2D eigenvalue weighted by Gasteiger charge is -2.33. The fourth-order valence-corrected chi connectivity index (χ4v) is 5.06. The lowest BCUT2D eigenvalue weighted by Crippen LogP contribution is -2.39. The van der Waals surface area contributed by atoms with Gasteiger partial charge in [0, 0.05) is 31.9 Å². The molecule has 0 radical (unpaired) electrons. The maximum atomic E-state index is 12.8. The standard InChI is InChI=1S/C26H28F3N5/c1-16-9-19-3-4-20(17(2)22(19)10-16)14-34-7-5-21(6-8-34)33-25-23-11-18(12-26(27,28)29)13-30-24(23)31-15-32-25/h3-4,10-11,13,15,21H,5-9,12,14H2,1-2H3,(H,30,31,32,33). The summed E-state index contributed by atoms with van der Waals surface area (Å²) < 4.78 is 38.5. The molecular weight excluding hydrogens is 439 g/mol. The molecule has 0 spiro atoms.